The standard InChI is InChI=1S/C49H56NO10S2/c1-25(2)8-14-58-39-21-36(44(54)46(57-3)45(39)55)49-11-10-48-9-6-26(28-16-29(27-7-12-50-23-27)18-31(17-28)61-62-48)19-33-34-20-30(53)4-5-32(34)40-37(59-15-13-51)22-38(60-49)42(43(48)47(49)56)41(40)35(33)24-52/h4-5,7,12,18,20-23,25-26,28,31,33,35,43,47,51-56H,6,8-11,13-17,19,24H2,1-3H3/q-1. The van der Waals surface area contributed by atoms with E-state index in [2.05, 4.69) is 31.0 Å². The Hall–Kier alpha value is -4.14. The Morgan fingerprint density at radius 3 is 2.53 bits per heavy atom. The number of phenols is 3. The van der Waals surface area contributed by atoms with Crippen LogP contribution < -0.4 is 23.9 Å². The predicted molar refractivity (Wildman–Crippen MR) is 240 cm³/mol. The third-order valence-corrected chi connectivity index (χ3v) is 18.6. The van der Waals surface area contributed by atoms with Crippen molar-refractivity contribution in [3.05, 3.63) is 82.7 Å². The highest BCUT2D eigenvalue weighted by Gasteiger charge is 2.65. The van der Waals surface area contributed by atoms with Crippen LogP contribution in [0, 0.1) is 17.8 Å². The summed E-state index contributed by atoms with van der Waals surface area (Å²) < 4.78 is 25.0. The summed E-state index contributed by atoms with van der Waals surface area (Å²) in [6.07, 6.45) is 11.2. The smallest absolute Gasteiger partial charge is 0.207 e. The van der Waals surface area contributed by atoms with E-state index < -0.39 is 28.3 Å². The Morgan fingerprint density at radius 1 is 0.935 bits per heavy atom. The Bertz CT molecular complexity index is 2380. The van der Waals surface area contributed by atoms with Crippen LogP contribution in [0.15, 0.2) is 54.9 Å². The molecule has 9 atom stereocenters. The number of nitrogens with zero attached hydrogens (tertiary/aromatic N) is 1. The number of fused-ring (bicyclic) bond motifs is 10. The molecule has 330 valence electrons. The molecule has 11 nitrogen and oxygen atoms in total. The van der Waals surface area contributed by atoms with Crippen molar-refractivity contribution >= 4 is 27.2 Å². The number of aromatic nitrogens is 1. The van der Waals surface area contributed by atoms with Crippen LogP contribution in [0.1, 0.15) is 111 Å². The van der Waals surface area contributed by atoms with Crippen molar-refractivity contribution in [1.82, 2.24) is 4.98 Å². The second-order valence-corrected chi connectivity index (χ2v) is 21.5. The molecule has 3 aromatic carbocycles. The third kappa shape index (κ3) is 6.58. The van der Waals surface area contributed by atoms with Gasteiger partial charge < -0.3 is 54.6 Å². The first-order chi connectivity index (χ1) is 30.0. The van der Waals surface area contributed by atoms with E-state index in [1.54, 1.807) is 12.1 Å². The van der Waals surface area contributed by atoms with Gasteiger partial charge in [0.2, 0.25) is 11.5 Å². The quantitative estimate of drug-likeness (QED) is 0.0791. The minimum atomic E-state index is -1.51. The molecule has 1 spiro atoms. The summed E-state index contributed by atoms with van der Waals surface area (Å²) in [5, 5.41) is 70.2. The van der Waals surface area contributed by atoms with Gasteiger partial charge in [-0.25, -0.2) is 0 Å². The molecule has 10 rings (SSSR count). The van der Waals surface area contributed by atoms with Crippen LogP contribution in [0.25, 0.3) is 16.7 Å². The van der Waals surface area contributed by atoms with E-state index in [0.29, 0.717) is 42.8 Å². The third-order valence-electron chi connectivity index (χ3n) is 15.0. The molecule has 6 aliphatic rings. The molecule has 4 aliphatic carbocycles. The number of rotatable bonds is 11. The topological polar surface area (TPSA) is 172 Å². The summed E-state index contributed by atoms with van der Waals surface area (Å²) in [6.45, 7) is 4.08. The van der Waals surface area contributed by atoms with Gasteiger partial charge >= 0.3 is 0 Å². The maximum Gasteiger partial charge on any atom is 0.207 e. The van der Waals surface area contributed by atoms with Gasteiger partial charge in [-0.05, 0) is 121 Å². The molecule has 4 aromatic rings. The zero-order chi connectivity index (χ0) is 43.1. The fourth-order valence-electron chi connectivity index (χ4n) is 12.0. The Balaban J connectivity index is 1.24. The number of aliphatic hydroxyl groups excluding tert-OH is 3. The lowest BCUT2D eigenvalue weighted by molar-refractivity contribution is -0.124. The Kier molecular flexibility index (Phi) is 10.9. The maximum absolute atomic E-state index is 13.5. The first kappa shape index (κ1) is 41.8. The molecule has 13 heteroatoms. The van der Waals surface area contributed by atoms with Gasteiger partial charge in [0.25, 0.3) is 0 Å². The highest BCUT2D eigenvalue weighted by Crippen LogP contribution is 2.71. The van der Waals surface area contributed by atoms with Crippen LogP contribution in [0.2, 0.25) is 0 Å². The zero-order valence-corrected chi connectivity index (χ0v) is 37.0. The van der Waals surface area contributed by atoms with Crippen LogP contribution in [-0.4, -0.2) is 80.3 Å². The summed E-state index contributed by atoms with van der Waals surface area (Å²) in [5.41, 5.74) is 5.51. The summed E-state index contributed by atoms with van der Waals surface area (Å²) in [6, 6.07) is 11.0. The molecular weight excluding hydrogens is 827 g/mol. The van der Waals surface area contributed by atoms with Crippen LogP contribution in [-0.2, 0) is 5.60 Å². The molecule has 8 bridgehead atoms. The van der Waals surface area contributed by atoms with Gasteiger partial charge in [0.1, 0.15) is 30.0 Å². The van der Waals surface area contributed by atoms with Crippen LogP contribution in [0.5, 0.6) is 40.2 Å². The molecule has 6 N–H and O–H groups in total. The van der Waals surface area contributed by atoms with Gasteiger partial charge in [0.15, 0.2) is 17.1 Å². The van der Waals surface area contributed by atoms with Crippen molar-refractivity contribution in [3.63, 3.8) is 0 Å². The maximum atomic E-state index is 13.5. The van der Waals surface area contributed by atoms with Gasteiger partial charge in [0.05, 0.1) is 26.9 Å². The number of aliphatic hydroxyl groups is 3. The molecule has 1 aromatic heterocycles. The van der Waals surface area contributed by atoms with Gasteiger partial charge in [-0.3, -0.25) is 0 Å². The lowest BCUT2D eigenvalue weighted by Crippen LogP contribution is -2.61. The van der Waals surface area contributed by atoms with E-state index in [1.165, 1.54) is 12.7 Å². The van der Waals surface area contributed by atoms with Crippen LogP contribution >= 0.6 is 21.6 Å². The van der Waals surface area contributed by atoms with Crippen molar-refractivity contribution in [2.45, 2.75) is 105 Å². The van der Waals surface area contributed by atoms with Crippen molar-refractivity contribution in [2.24, 2.45) is 17.8 Å². The number of aromatic hydroxyl groups is 3. The molecule has 1 saturated heterocycles. The number of benzene rings is 3. The van der Waals surface area contributed by atoms with E-state index in [4.69, 9.17) is 18.9 Å². The highest BCUT2D eigenvalue weighted by molar-refractivity contribution is 8.77. The van der Waals surface area contributed by atoms with E-state index in [0.717, 1.165) is 71.9 Å². The summed E-state index contributed by atoms with van der Waals surface area (Å²) in [7, 11) is 5.15. The lowest BCUT2D eigenvalue weighted by atomic mass is 9.56. The fraction of sp³-hybridized carbons (Fsp3) is 0.510. The zero-order valence-electron chi connectivity index (χ0n) is 35.4. The molecule has 0 amide bonds. The number of phenolic OH excluding ortho intramolecular Hbond substituents is 3. The van der Waals surface area contributed by atoms with Crippen molar-refractivity contribution in [3.8, 4) is 51.4 Å². The van der Waals surface area contributed by atoms with Gasteiger partial charge in [0, 0.05) is 44.6 Å². The Morgan fingerprint density at radius 2 is 1.77 bits per heavy atom. The number of hydrogen-bond acceptors (Lipinski definition) is 12. The van der Waals surface area contributed by atoms with E-state index in [9.17, 15) is 30.6 Å². The highest BCUT2D eigenvalue weighted by atomic mass is 33.1. The normalized spacial score (nSPS) is 30.4. The van der Waals surface area contributed by atoms with Crippen LogP contribution in [0.4, 0.5) is 0 Å². The number of allylic oxidation sites excluding steroid dienone is 1. The second-order valence-electron chi connectivity index (χ2n) is 18.7. The largest absolute Gasteiger partial charge is 0.670 e. The summed E-state index contributed by atoms with van der Waals surface area (Å²) in [4.78, 5) is 4.43. The molecule has 1 saturated carbocycles. The molecule has 2 aliphatic heterocycles. The minimum absolute atomic E-state index is 0.00585. The lowest BCUT2D eigenvalue weighted by Gasteiger charge is -2.59. The monoisotopic (exact) mass is 882 g/mol. The van der Waals surface area contributed by atoms with Gasteiger partial charge in [-0.1, -0.05) is 53.6 Å². The van der Waals surface area contributed by atoms with E-state index >= 15 is 0 Å². The van der Waals surface area contributed by atoms with Crippen molar-refractivity contribution in [1.29, 1.82) is 0 Å². The SMILES string of the molecule is COc1c(O)c(OCCC(C)C)cc(C23CCC45CCC(CC6c7cc(O)ccc7-c7c(OCCO)cc(c(c7C6CO)C4C2O)O3)C2CC(c3cc[n-]c3)=CC(C2)SS5)c1O. The molecule has 9 unspecified atom stereocenters. The predicted octanol–water partition coefficient (Wildman–Crippen LogP) is 8.73. The molecule has 2 fully saturated rings. The number of hydrogen-bond donors (Lipinski definition) is 6. The summed E-state index contributed by atoms with van der Waals surface area (Å²) in [5.74, 6) is 0.194. The second kappa shape index (κ2) is 16.1. The van der Waals surface area contributed by atoms with Crippen LogP contribution in [0.3, 0.4) is 0 Å². The first-order valence-corrected chi connectivity index (χ1v) is 24.4. The number of methoxy groups -OCH3 is 1. The average molecular weight is 883 g/mol. The van der Waals surface area contributed by atoms with Gasteiger partial charge in [-0.15, -0.1) is 0 Å². The summed E-state index contributed by atoms with van der Waals surface area (Å²) >= 11 is 0. The van der Waals surface area contributed by atoms with Crippen molar-refractivity contribution in [2.75, 3.05) is 33.5 Å². The van der Waals surface area contributed by atoms with E-state index in [1.807, 2.05) is 52.2 Å². The molecule has 0 radical (unpaired) electrons. The van der Waals surface area contributed by atoms with Crippen molar-refractivity contribution < 1.29 is 49.6 Å². The molecule has 3 heterocycles. The average Bonchev–Trinajstić information content (AvgIpc) is 3.81. The Labute approximate surface area is 370 Å². The minimum Gasteiger partial charge on any atom is -0.670 e. The molecule has 62 heavy (non-hydrogen) atoms. The van der Waals surface area contributed by atoms with E-state index in [-0.39, 0.29) is 71.2 Å². The number of ether oxygens (including phenoxy) is 4. The first-order valence-electron chi connectivity index (χ1n) is 22.1. The van der Waals surface area contributed by atoms with Gasteiger partial charge in [-0.2, -0.15) is 12.4 Å². The fourth-order valence-corrected chi connectivity index (χ4v) is 15.8. The molecular formula is C49H56NO10S2-.